The molecular formula is C16H19N3O3. The van der Waals surface area contributed by atoms with E-state index in [2.05, 4.69) is 10.4 Å². The van der Waals surface area contributed by atoms with Crippen LogP contribution in [0.25, 0.3) is 5.69 Å². The number of hydrogen-bond donors (Lipinski definition) is 2. The summed E-state index contributed by atoms with van der Waals surface area (Å²) in [4.78, 5) is 22.9. The maximum absolute atomic E-state index is 12.1. The molecule has 0 radical (unpaired) electrons. The minimum absolute atomic E-state index is 0.0865. The summed E-state index contributed by atoms with van der Waals surface area (Å²) in [6, 6.07) is 7.82. The van der Waals surface area contributed by atoms with Crippen molar-refractivity contribution in [2.75, 3.05) is 6.54 Å². The molecule has 2 N–H and O–H groups in total. The van der Waals surface area contributed by atoms with Gasteiger partial charge in [-0.2, -0.15) is 5.10 Å². The lowest BCUT2D eigenvalue weighted by molar-refractivity contribution is -0.140. The van der Waals surface area contributed by atoms with Crippen molar-refractivity contribution in [3.8, 4) is 5.69 Å². The minimum atomic E-state index is -0.938. The topological polar surface area (TPSA) is 84.2 Å². The fourth-order valence-electron chi connectivity index (χ4n) is 2.08. The molecule has 2 rings (SSSR count). The van der Waals surface area contributed by atoms with Crippen molar-refractivity contribution >= 4 is 11.9 Å². The molecule has 0 aliphatic rings. The van der Waals surface area contributed by atoms with E-state index in [1.807, 2.05) is 38.1 Å². The molecule has 0 aliphatic heterocycles. The number of aryl methyl sites for hydroxylation is 1. The molecule has 2 aromatic rings. The quantitative estimate of drug-likeness (QED) is 0.884. The summed E-state index contributed by atoms with van der Waals surface area (Å²) in [5.41, 5.74) is 3.15. The van der Waals surface area contributed by atoms with Crippen LogP contribution in [0.2, 0.25) is 0 Å². The van der Waals surface area contributed by atoms with E-state index in [0.717, 1.165) is 11.3 Å². The molecule has 116 valence electrons. The second-order valence-electron chi connectivity index (χ2n) is 5.34. The number of nitrogens with zero attached hydrogens (tertiary/aromatic N) is 2. The lowest BCUT2D eigenvalue weighted by Gasteiger charge is -2.09. The van der Waals surface area contributed by atoms with Gasteiger partial charge in [-0.05, 0) is 31.5 Å². The summed E-state index contributed by atoms with van der Waals surface area (Å²) in [6.45, 7) is 5.43. The molecule has 6 nitrogen and oxygen atoms in total. The molecule has 0 bridgehead atoms. The number of rotatable bonds is 5. The Labute approximate surface area is 128 Å². The number of aliphatic carboxylic acids is 1. The molecule has 0 aliphatic carbocycles. The van der Waals surface area contributed by atoms with Crippen LogP contribution in [0.5, 0.6) is 0 Å². The number of amides is 1. The van der Waals surface area contributed by atoms with Crippen molar-refractivity contribution < 1.29 is 14.7 Å². The lowest BCUT2D eigenvalue weighted by atomic mass is 10.1. The van der Waals surface area contributed by atoms with E-state index >= 15 is 0 Å². The van der Waals surface area contributed by atoms with Gasteiger partial charge in [-0.25, -0.2) is 4.68 Å². The van der Waals surface area contributed by atoms with Crippen molar-refractivity contribution in [1.29, 1.82) is 0 Å². The van der Waals surface area contributed by atoms with E-state index < -0.39 is 11.9 Å². The van der Waals surface area contributed by atoms with Gasteiger partial charge in [0.25, 0.3) is 5.91 Å². The van der Waals surface area contributed by atoms with Crippen LogP contribution in [-0.4, -0.2) is 33.3 Å². The monoisotopic (exact) mass is 301 g/mol. The molecule has 0 saturated heterocycles. The summed E-state index contributed by atoms with van der Waals surface area (Å²) in [5.74, 6) is -1.88. The third-order valence-electron chi connectivity index (χ3n) is 3.49. The summed E-state index contributed by atoms with van der Waals surface area (Å²) >= 11 is 0. The van der Waals surface area contributed by atoms with Crippen LogP contribution >= 0.6 is 0 Å². The van der Waals surface area contributed by atoms with Gasteiger partial charge in [0.15, 0.2) is 0 Å². The standard InChI is InChI=1S/C16H19N3O3/c1-10-5-4-6-13(7-10)19-12(3)14(9-18-19)15(20)17-8-11(2)16(21)22/h4-7,9,11H,8H2,1-3H3,(H,17,20)(H,21,22). The first kappa shape index (κ1) is 15.8. The molecular weight excluding hydrogens is 282 g/mol. The average molecular weight is 301 g/mol. The smallest absolute Gasteiger partial charge is 0.308 e. The van der Waals surface area contributed by atoms with E-state index in [4.69, 9.17) is 5.11 Å². The second kappa shape index (κ2) is 6.43. The van der Waals surface area contributed by atoms with Gasteiger partial charge in [0.05, 0.1) is 29.1 Å². The summed E-state index contributed by atoms with van der Waals surface area (Å²) in [7, 11) is 0. The van der Waals surface area contributed by atoms with E-state index in [1.54, 1.807) is 11.6 Å². The summed E-state index contributed by atoms with van der Waals surface area (Å²) in [6.07, 6.45) is 1.50. The van der Waals surface area contributed by atoms with Crippen molar-refractivity contribution in [2.24, 2.45) is 5.92 Å². The Kier molecular flexibility index (Phi) is 4.60. The molecule has 1 aromatic carbocycles. The number of aromatic nitrogens is 2. The van der Waals surface area contributed by atoms with E-state index in [-0.39, 0.29) is 12.5 Å². The lowest BCUT2D eigenvalue weighted by Crippen LogP contribution is -2.31. The fraction of sp³-hybridized carbons (Fsp3) is 0.312. The van der Waals surface area contributed by atoms with Crippen LogP contribution < -0.4 is 5.32 Å². The molecule has 0 fully saturated rings. The van der Waals surface area contributed by atoms with E-state index in [9.17, 15) is 9.59 Å². The fourth-order valence-corrected chi connectivity index (χ4v) is 2.08. The molecule has 1 aromatic heterocycles. The Bertz CT molecular complexity index is 706. The zero-order valence-corrected chi connectivity index (χ0v) is 12.8. The third kappa shape index (κ3) is 3.33. The number of nitrogens with one attached hydrogen (secondary N) is 1. The highest BCUT2D eigenvalue weighted by Crippen LogP contribution is 2.15. The molecule has 22 heavy (non-hydrogen) atoms. The van der Waals surface area contributed by atoms with Gasteiger partial charge in [-0.15, -0.1) is 0 Å². The van der Waals surface area contributed by atoms with Gasteiger partial charge in [-0.1, -0.05) is 19.1 Å². The van der Waals surface area contributed by atoms with E-state index in [1.165, 1.54) is 6.20 Å². The largest absolute Gasteiger partial charge is 0.481 e. The highest BCUT2D eigenvalue weighted by molar-refractivity contribution is 5.95. The number of carboxylic acid groups (broad SMARTS) is 1. The van der Waals surface area contributed by atoms with E-state index in [0.29, 0.717) is 11.3 Å². The van der Waals surface area contributed by atoms with Gasteiger partial charge >= 0.3 is 5.97 Å². The first-order valence-electron chi connectivity index (χ1n) is 7.03. The Balaban J connectivity index is 2.17. The van der Waals surface area contributed by atoms with Crippen LogP contribution in [0.1, 0.15) is 28.5 Å². The molecule has 1 heterocycles. The predicted octanol–water partition coefficient (Wildman–Crippen LogP) is 1.94. The number of carbonyl (C=O) groups excluding carboxylic acids is 1. The van der Waals surface area contributed by atoms with Crippen LogP contribution in [0, 0.1) is 19.8 Å². The van der Waals surface area contributed by atoms with Gasteiger partial charge < -0.3 is 10.4 Å². The van der Waals surface area contributed by atoms with Gasteiger partial charge in [0.2, 0.25) is 0 Å². The molecule has 1 amide bonds. The van der Waals surface area contributed by atoms with Crippen LogP contribution in [0.3, 0.4) is 0 Å². The zero-order chi connectivity index (χ0) is 16.3. The molecule has 1 unspecified atom stereocenters. The van der Waals surface area contributed by atoms with Crippen molar-refractivity contribution in [3.05, 3.63) is 47.3 Å². The first-order valence-corrected chi connectivity index (χ1v) is 7.03. The SMILES string of the molecule is Cc1cccc(-n2ncc(C(=O)NCC(C)C(=O)O)c2C)c1. The molecule has 0 spiro atoms. The Morgan fingerprint density at radius 1 is 1.36 bits per heavy atom. The maximum atomic E-state index is 12.1. The maximum Gasteiger partial charge on any atom is 0.308 e. The zero-order valence-electron chi connectivity index (χ0n) is 12.8. The minimum Gasteiger partial charge on any atom is -0.481 e. The molecule has 1 atom stereocenters. The van der Waals surface area contributed by atoms with Crippen molar-refractivity contribution in [3.63, 3.8) is 0 Å². The van der Waals surface area contributed by atoms with Crippen LogP contribution in [0.4, 0.5) is 0 Å². The van der Waals surface area contributed by atoms with Gasteiger partial charge in [-0.3, -0.25) is 9.59 Å². The van der Waals surface area contributed by atoms with Crippen LogP contribution in [0.15, 0.2) is 30.5 Å². The Hall–Kier alpha value is -2.63. The predicted molar refractivity (Wildman–Crippen MR) is 82.2 cm³/mol. The number of carbonyl (C=O) groups is 2. The highest BCUT2D eigenvalue weighted by Gasteiger charge is 2.17. The Morgan fingerprint density at radius 2 is 2.09 bits per heavy atom. The number of hydrogen-bond acceptors (Lipinski definition) is 3. The summed E-state index contributed by atoms with van der Waals surface area (Å²) in [5, 5.41) is 15.7. The third-order valence-corrected chi connectivity index (χ3v) is 3.49. The number of carboxylic acids is 1. The van der Waals surface area contributed by atoms with Crippen molar-refractivity contribution in [1.82, 2.24) is 15.1 Å². The van der Waals surface area contributed by atoms with Gasteiger partial charge in [0.1, 0.15) is 0 Å². The van der Waals surface area contributed by atoms with Crippen molar-refractivity contribution in [2.45, 2.75) is 20.8 Å². The average Bonchev–Trinajstić information content (AvgIpc) is 2.86. The van der Waals surface area contributed by atoms with Crippen LogP contribution in [-0.2, 0) is 4.79 Å². The second-order valence-corrected chi connectivity index (χ2v) is 5.34. The first-order chi connectivity index (χ1) is 10.4. The number of benzene rings is 1. The molecule has 0 saturated carbocycles. The normalized spacial score (nSPS) is 12.0. The Morgan fingerprint density at radius 3 is 2.73 bits per heavy atom. The molecule has 6 heteroatoms. The highest BCUT2D eigenvalue weighted by atomic mass is 16.4. The van der Waals surface area contributed by atoms with Gasteiger partial charge in [0, 0.05) is 6.54 Å². The summed E-state index contributed by atoms with van der Waals surface area (Å²) < 4.78 is 1.70.